The van der Waals surface area contributed by atoms with Crippen molar-refractivity contribution in [1.82, 2.24) is 0 Å². The molecule has 0 N–H and O–H groups in total. The standard InChI is InChI=1S/C8H18.11C7H16.3C6H12/c1-6-7(2)8(3,4)5;1-6(2)5-7(3)4;2*1-5-6-7(2,3)4;1-5-7(3,4)6-2;1-5-7(4)6(2)3;2*1-4-5-6-7(2)3;2*1-4-6-7(3)5-2;1-4-7(5-2)6-3;1-3-5-7-6-4-2;1-5-3-6(2)4-5;1-5-3-4-6(5)2;1-6-4-2-3-5-6/h7H,6H2,1-5H3;6-7H,5H2,1-4H3;3*5-6H2,1-4H3;6-7H,5H2,1-4H3;5*7H,4-6H2,1-3H3;3-7H2,1-2H3;2*5-6H,3-4H2,1-2H3;6H,2-5H2,1H3/t7-;;;;;7-;;;7-;;;;;5-,6?;/m1....0..1....1./s1. The molecular weight excluding hydrogens is 1240 g/mol. The Hall–Kier alpha value is 0. The Morgan fingerprint density at radius 2 is 0.612 bits per heavy atom. The second kappa shape index (κ2) is 92.6. The first-order chi connectivity index (χ1) is 47.4. The second-order valence-corrected chi connectivity index (χ2v) is 40.3. The van der Waals surface area contributed by atoms with E-state index in [0.29, 0.717) is 21.7 Å². The lowest BCUT2D eigenvalue weighted by molar-refractivity contribution is 0.219. The first kappa shape index (κ1) is 129. The zero-order chi connectivity index (χ0) is 83.8. The van der Waals surface area contributed by atoms with Gasteiger partial charge in [0, 0.05) is 0 Å². The largest absolute Gasteiger partial charge is 0.0654 e. The van der Waals surface area contributed by atoms with E-state index >= 15 is 0 Å². The van der Waals surface area contributed by atoms with Crippen molar-refractivity contribution in [3.63, 3.8) is 0 Å². The topological polar surface area (TPSA) is 0 Å². The molecule has 3 aliphatic rings. The minimum atomic E-state index is 0.509. The van der Waals surface area contributed by atoms with E-state index in [2.05, 4.69) is 325 Å². The van der Waals surface area contributed by atoms with Gasteiger partial charge >= 0.3 is 0 Å². The van der Waals surface area contributed by atoms with E-state index in [1.54, 1.807) is 0 Å². The highest BCUT2D eigenvalue weighted by Gasteiger charge is 2.21. The quantitative estimate of drug-likeness (QED) is 0.0685. The van der Waals surface area contributed by atoms with Gasteiger partial charge in [0.1, 0.15) is 0 Å². The molecule has 3 aliphatic carbocycles. The van der Waals surface area contributed by atoms with Gasteiger partial charge in [-0.05, 0) is 143 Å². The van der Waals surface area contributed by atoms with E-state index in [0.717, 1.165) is 88.8 Å². The third-order valence-electron chi connectivity index (χ3n) is 22.2. The molecule has 0 saturated heterocycles. The van der Waals surface area contributed by atoms with Gasteiger partial charge in [0.05, 0.1) is 0 Å². The van der Waals surface area contributed by atoms with Gasteiger partial charge in [0.15, 0.2) is 0 Å². The van der Waals surface area contributed by atoms with Crippen molar-refractivity contribution in [3.05, 3.63) is 0 Å². The van der Waals surface area contributed by atoms with E-state index in [4.69, 9.17) is 0 Å². The van der Waals surface area contributed by atoms with Crippen molar-refractivity contribution in [2.45, 2.75) is 563 Å². The Kier molecular flexibility index (Phi) is 116. The smallest absolute Gasteiger partial charge is 0.0357 e. The molecule has 0 spiro atoms. The molecule has 6 atom stereocenters. The summed E-state index contributed by atoms with van der Waals surface area (Å²) in [7, 11) is 0. The Balaban J connectivity index is -0.0000000862. The highest BCUT2D eigenvalue weighted by molar-refractivity contribution is 4.73. The first-order valence-electron chi connectivity index (χ1n) is 47.4. The van der Waals surface area contributed by atoms with E-state index in [1.165, 1.54) is 238 Å². The summed E-state index contributed by atoms with van der Waals surface area (Å²) in [6, 6.07) is 0. The Labute approximate surface area is 669 Å². The lowest BCUT2D eigenvalue weighted by Gasteiger charge is -2.29. The highest BCUT2D eigenvalue weighted by Crippen LogP contribution is 2.33. The molecule has 3 rings (SSSR count). The molecule has 0 radical (unpaired) electrons. The molecule has 3 saturated carbocycles. The summed E-state index contributed by atoms with van der Waals surface area (Å²) < 4.78 is 0. The van der Waals surface area contributed by atoms with E-state index in [1.807, 2.05) is 0 Å². The maximum absolute atomic E-state index is 2.34. The van der Waals surface area contributed by atoms with Crippen molar-refractivity contribution >= 4 is 0 Å². The molecule has 103 heavy (non-hydrogen) atoms. The maximum Gasteiger partial charge on any atom is -0.0357 e. The highest BCUT2D eigenvalue weighted by atomic mass is 14.3. The van der Waals surface area contributed by atoms with Crippen LogP contribution in [0.1, 0.15) is 563 Å². The number of rotatable bonds is 28. The Morgan fingerprint density at radius 1 is 0.301 bits per heavy atom. The Bertz CT molecular complexity index is 1290. The molecule has 2 unspecified atom stereocenters. The summed E-state index contributed by atoms with van der Waals surface area (Å²) >= 11 is 0. The first-order valence-corrected chi connectivity index (χ1v) is 47.4. The SMILES string of the molecule is CC(C)CC(C)C.CC1CC(C)C1.CC1CCCC1.CC1CC[C@H]1C.CCC(C)(C)CC.CCC(CC)CC.CCCC(C)(C)C.CCCC(C)(C)C.CCCC(C)CC.CCCCC(C)C.CCCCC(C)C.CCCCCCC.CCC[C@H](C)CC.CC[C@@H](C)C(C)(C)C.CC[C@H](C)C(C)C. The molecule has 0 nitrogen and oxygen atoms in total. The van der Waals surface area contributed by atoms with Crippen LogP contribution in [-0.4, -0.2) is 0 Å². The average molecular weight is 1470 g/mol. The zero-order valence-corrected chi connectivity index (χ0v) is 83.8. The van der Waals surface area contributed by atoms with Crippen LogP contribution >= 0.6 is 0 Å². The van der Waals surface area contributed by atoms with Crippen LogP contribution in [0.4, 0.5) is 0 Å². The average Bonchev–Trinajstić information content (AvgIpc) is 1.27. The molecule has 642 valence electrons. The third-order valence-corrected chi connectivity index (χ3v) is 22.2. The van der Waals surface area contributed by atoms with Gasteiger partial charge in [-0.1, -0.05) is 531 Å². The summed E-state index contributed by atoms with van der Waals surface area (Å²) in [6.45, 7) is 107. The van der Waals surface area contributed by atoms with Gasteiger partial charge in [-0.2, -0.15) is 0 Å². The summed E-state index contributed by atoms with van der Waals surface area (Å²) in [5, 5.41) is 0. The van der Waals surface area contributed by atoms with Crippen molar-refractivity contribution in [2.75, 3.05) is 0 Å². The monoisotopic (exact) mass is 1470 g/mol. The van der Waals surface area contributed by atoms with E-state index in [9.17, 15) is 0 Å². The van der Waals surface area contributed by atoms with Gasteiger partial charge in [0.25, 0.3) is 0 Å². The molecule has 0 aromatic heterocycles. The fourth-order valence-electron chi connectivity index (χ4n) is 11.2. The normalized spacial score (nSPS) is 16.9. The van der Waals surface area contributed by atoms with Crippen molar-refractivity contribution < 1.29 is 0 Å². The molecule has 0 aliphatic heterocycles. The van der Waals surface area contributed by atoms with Gasteiger partial charge < -0.3 is 0 Å². The van der Waals surface area contributed by atoms with E-state index in [-0.39, 0.29) is 0 Å². The lowest BCUT2D eigenvalue weighted by atomic mass is 9.77. The fraction of sp³-hybridized carbons (Fsp3) is 1.00. The lowest BCUT2D eigenvalue weighted by Crippen LogP contribution is -2.18. The summed E-state index contributed by atoms with van der Waals surface area (Å²) in [4.78, 5) is 0. The summed E-state index contributed by atoms with van der Waals surface area (Å²) in [5.41, 5.74) is 2.19. The summed E-state index contributed by atoms with van der Waals surface area (Å²) in [6.07, 6.45) is 51.2. The Morgan fingerprint density at radius 3 is 0.660 bits per heavy atom. The third kappa shape index (κ3) is 145. The van der Waals surface area contributed by atoms with Crippen LogP contribution < -0.4 is 0 Å². The molecule has 0 amide bonds. The molecule has 0 aromatic carbocycles. The molecule has 3 fully saturated rings. The predicted molar refractivity (Wildman–Crippen MR) is 500 cm³/mol. The van der Waals surface area contributed by atoms with Crippen LogP contribution in [0, 0.1) is 110 Å². The van der Waals surface area contributed by atoms with Crippen LogP contribution in [0.3, 0.4) is 0 Å². The predicted octanol–water partition coefficient (Wildman–Crippen LogP) is 40.4. The summed E-state index contributed by atoms with van der Waals surface area (Å²) in [5.74, 6) is 14.3. The number of unbranched alkanes of at least 4 members (excludes halogenated alkanes) is 6. The van der Waals surface area contributed by atoms with Crippen molar-refractivity contribution in [1.29, 1.82) is 0 Å². The molecule has 0 bridgehead atoms. The second-order valence-electron chi connectivity index (χ2n) is 40.3. The number of hydrogen-bond acceptors (Lipinski definition) is 0. The molecule has 0 heteroatoms. The minimum absolute atomic E-state index is 0.509. The van der Waals surface area contributed by atoms with Gasteiger partial charge in [0.2, 0.25) is 0 Å². The van der Waals surface area contributed by atoms with Crippen LogP contribution in [0.25, 0.3) is 0 Å². The van der Waals surface area contributed by atoms with Crippen LogP contribution in [0.2, 0.25) is 0 Å². The van der Waals surface area contributed by atoms with Gasteiger partial charge in [-0.3, -0.25) is 0 Å². The van der Waals surface area contributed by atoms with Gasteiger partial charge in [-0.15, -0.1) is 0 Å². The van der Waals surface area contributed by atoms with Gasteiger partial charge in [-0.25, -0.2) is 0 Å². The molecular formula is C103H230. The van der Waals surface area contributed by atoms with Crippen LogP contribution in [-0.2, 0) is 0 Å². The minimum Gasteiger partial charge on any atom is -0.0654 e. The van der Waals surface area contributed by atoms with Crippen molar-refractivity contribution in [2.24, 2.45) is 110 Å². The zero-order valence-electron chi connectivity index (χ0n) is 83.8. The molecule has 0 aromatic rings. The fourth-order valence-corrected chi connectivity index (χ4v) is 11.2. The maximum atomic E-state index is 2.34. The van der Waals surface area contributed by atoms with Crippen LogP contribution in [0.15, 0.2) is 0 Å². The van der Waals surface area contributed by atoms with E-state index < -0.39 is 0 Å². The number of hydrogen-bond donors (Lipinski definition) is 0. The van der Waals surface area contributed by atoms with Crippen molar-refractivity contribution in [3.8, 4) is 0 Å². The molecule has 0 heterocycles. The van der Waals surface area contributed by atoms with Crippen LogP contribution in [0.5, 0.6) is 0 Å².